The number of amides is 1. The minimum atomic E-state index is -3.70. The molecular formula is C22H25N3O4S3. The Morgan fingerprint density at radius 2 is 2.16 bits per heavy atom. The average Bonchev–Trinajstić information content (AvgIpc) is 3.54. The second-order valence-corrected chi connectivity index (χ2v) is 11.5. The zero-order valence-corrected chi connectivity index (χ0v) is 20.1. The van der Waals surface area contributed by atoms with Crippen molar-refractivity contribution in [2.45, 2.75) is 37.2 Å². The number of nitrogens with zero attached hydrogens (tertiary/aromatic N) is 1. The summed E-state index contributed by atoms with van der Waals surface area (Å²) in [6.45, 7) is 3.35. The lowest BCUT2D eigenvalue weighted by Crippen LogP contribution is -2.32. The molecule has 0 bridgehead atoms. The van der Waals surface area contributed by atoms with Gasteiger partial charge in [-0.25, -0.2) is 18.1 Å². The molecule has 0 radical (unpaired) electrons. The molecular weight excluding hydrogens is 466 g/mol. The number of aromatic nitrogens is 1. The zero-order chi connectivity index (χ0) is 22.6. The molecule has 10 heteroatoms. The fourth-order valence-corrected chi connectivity index (χ4v) is 6.19. The van der Waals surface area contributed by atoms with E-state index in [4.69, 9.17) is 4.74 Å². The molecule has 0 spiro atoms. The summed E-state index contributed by atoms with van der Waals surface area (Å²) in [5, 5.41) is 5.96. The van der Waals surface area contributed by atoms with E-state index in [9.17, 15) is 13.2 Å². The lowest BCUT2D eigenvalue weighted by molar-refractivity contribution is 0.0954. The van der Waals surface area contributed by atoms with Crippen molar-refractivity contribution in [3.63, 3.8) is 0 Å². The molecule has 1 fully saturated rings. The number of sulfonamides is 1. The van der Waals surface area contributed by atoms with Crippen molar-refractivity contribution in [3.8, 4) is 10.6 Å². The van der Waals surface area contributed by atoms with Gasteiger partial charge in [0, 0.05) is 35.5 Å². The number of thiazole rings is 1. The van der Waals surface area contributed by atoms with E-state index in [2.05, 4.69) is 15.0 Å². The first-order chi connectivity index (χ1) is 15.4. The smallest absolute Gasteiger partial charge is 0.251 e. The van der Waals surface area contributed by atoms with Gasteiger partial charge in [0.25, 0.3) is 5.91 Å². The highest BCUT2D eigenvalue weighted by Crippen LogP contribution is 2.29. The summed E-state index contributed by atoms with van der Waals surface area (Å²) >= 11 is 3.29. The van der Waals surface area contributed by atoms with Crippen LogP contribution >= 0.6 is 22.7 Å². The number of carbonyl (C=O) groups is 1. The van der Waals surface area contributed by atoms with Crippen molar-refractivity contribution in [1.29, 1.82) is 0 Å². The Kier molecular flexibility index (Phi) is 7.37. The molecule has 1 aromatic carbocycles. The number of carbonyl (C=O) groups excluding carboxylic acids is 1. The Morgan fingerprint density at radius 1 is 1.28 bits per heavy atom. The lowest BCUT2D eigenvalue weighted by Gasteiger charge is -2.12. The van der Waals surface area contributed by atoms with Gasteiger partial charge >= 0.3 is 0 Å². The van der Waals surface area contributed by atoms with Gasteiger partial charge in [0.2, 0.25) is 10.0 Å². The number of hydrogen-bond acceptors (Lipinski definition) is 7. The highest BCUT2D eigenvalue weighted by molar-refractivity contribution is 7.89. The molecule has 170 valence electrons. The van der Waals surface area contributed by atoms with E-state index >= 15 is 0 Å². The maximum atomic E-state index is 12.6. The van der Waals surface area contributed by atoms with E-state index in [1.54, 1.807) is 34.8 Å². The summed E-state index contributed by atoms with van der Waals surface area (Å²) < 4.78 is 33.2. The maximum Gasteiger partial charge on any atom is 0.251 e. The predicted molar refractivity (Wildman–Crippen MR) is 127 cm³/mol. The van der Waals surface area contributed by atoms with Gasteiger partial charge in [0.05, 0.1) is 26.6 Å². The van der Waals surface area contributed by atoms with Crippen LogP contribution in [0.4, 0.5) is 0 Å². The van der Waals surface area contributed by atoms with Crippen molar-refractivity contribution >= 4 is 38.6 Å². The molecule has 7 nitrogen and oxygen atoms in total. The monoisotopic (exact) mass is 491 g/mol. The molecule has 1 saturated heterocycles. The Balaban J connectivity index is 1.31. The van der Waals surface area contributed by atoms with Gasteiger partial charge in [-0.3, -0.25) is 4.79 Å². The first-order valence-electron chi connectivity index (χ1n) is 10.4. The normalized spacial score (nSPS) is 16.3. The molecule has 4 rings (SSSR count). The molecule has 3 aromatic rings. The van der Waals surface area contributed by atoms with Gasteiger partial charge < -0.3 is 10.1 Å². The average molecular weight is 492 g/mol. The molecule has 3 heterocycles. The summed E-state index contributed by atoms with van der Waals surface area (Å²) in [5.41, 5.74) is 1.30. The zero-order valence-electron chi connectivity index (χ0n) is 17.7. The van der Waals surface area contributed by atoms with Crippen LogP contribution in [0, 0.1) is 6.92 Å². The second kappa shape index (κ2) is 10.2. The van der Waals surface area contributed by atoms with Crippen LogP contribution in [0.25, 0.3) is 10.6 Å². The third-order valence-corrected chi connectivity index (χ3v) is 8.48. The summed E-state index contributed by atoms with van der Waals surface area (Å²) in [5.74, 6) is -0.298. The molecule has 1 amide bonds. The second-order valence-electron chi connectivity index (χ2n) is 7.54. The van der Waals surface area contributed by atoms with Crippen LogP contribution in [0.1, 0.15) is 33.1 Å². The van der Waals surface area contributed by atoms with E-state index in [0.717, 1.165) is 33.3 Å². The number of thiophene rings is 1. The fraction of sp³-hybridized carbons (Fsp3) is 0.364. The van der Waals surface area contributed by atoms with E-state index < -0.39 is 10.0 Å². The standard InChI is InChI=1S/C22H25N3O4S3/c1-15-25-20(14-30-15)21-8-7-18(31-21)9-10-23-22(26)16-4-2-6-19(12-16)32(27,28)24-13-17-5-3-11-29-17/h2,4,6-8,12,14,17,24H,3,5,9-11,13H2,1H3,(H,23,26). The summed E-state index contributed by atoms with van der Waals surface area (Å²) in [6.07, 6.45) is 2.40. The Labute approximate surface area is 195 Å². The van der Waals surface area contributed by atoms with Gasteiger partial charge in [-0.05, 0) is 56.5 Å². The van der Waals surface area contributed by atoms with E-state index in [0.29, 0.717) is 25.1 Å². The number of benzene rings is 1. The Morgan fingerprint density at radius 3 is 2.91 bits per heavy atom. The minimum Gasteiger partial charge on any atom is -0.377 e. The topological polar surface area (TPSA) is 97.4 Å². The number of hydrogen-bond donors (Lipinski definition) is 2. The van der Waals surface area contributed by atoms with Gasteiger partial charge in [-0.15, -0.1) is 22.7 Å². The summed E-state index contributed by atoms with van der Waals surface area (Å²) in [7, 11) is -3.70. The summed E-state index contributed by atoms with van der Waals surface area (Å²) in [4.78, 5) is 19.4. The molecule has 0 aliphatic carbocycles. The molecule has 2 aromatic heterocycles. The summed E-state index contributed by atoms with van der Waals surface area (Å²) in [6, 6.07) is 10.2. The molecule has 1 unspecified atom stereocenters. The van der Waals surface area contributed by atoms with Gasteiger partial charge in [-0.2, -0.15) is 0 Å². The van der Waals surface area contributed by atoms with Crippen LogP contribution < -0.4 is 10.0 Å². The number of rotatable bonds is 9. The minimum absolute atomic E-state index is 0.0737. The van der Waals surface area contributed by atoms with Crippen molar-refractivity contribution in [2.75, 3.05) is 19.7 Å². The third kappa shape index (κ3) is 5.81. The number of nitrogens with one attached hydrogen (secondary N) is 2. The van der Waals surface area contributed by atoms with Crippen LogP contribution in [-0.4, -0.2) is 45.1 Å². The first-order valence-corrected chi connectivity index (χ1v) is 13.6. The molecule has 2 N–H and O–H groups in total. The van der Waals surface area contributed by atoms with Crippen LogP contribution in [-0.2, 0) is 21.2 Å². The predicted octanol–water partition coefficient (Wildman–Crippen LogP) is 3.61. The molecule has 1 atom stereocenters. The quantitative estimate of drug-likeness (QED) is 0.477. The van der Waals surface area contributed by atoms with Crippen LogP contribution in [0.15, 0.2) is 46.7 Å². The third-order valence-electron chi connectivity index (χ3n) is 5.12. The Bertz CT molecular complexity index is 1180. The van der Waals surface area contributed by atoms with Crippen molar-refractivity contribution in [2.24, 2.45) is 0 Å². The molecule has 0 saturated carbocycles. The largest absolute Gasteiger partial charge is 0.377 e. The molecule has 1 aliphatic heterocycles. The highest BCUT2D eigenvalue weighted by atomic mass is 32.2. The van der Waals surface area contributed by atoms with Gasteiger partial charge in [0.1, 0.15) is 0 Å². The first kappa shape index (κ1) is 23.1. The van der Waals surface area contributed by atoms with Crippen molar-refractivity contribution in [1.82, 2.24) is 15.0 Å². The van der Waals surface area contributed by atoms with Crippen molar-refractivity contribution in [3.05, 3.63) is 57.2 Å². The number of ether oxygens (including phenoxy) is 1. The highest BCUT2D eigenvalue weighted by Gasteiger charge is 2.21. The van der Waals surface area contributed by atoms with Crippen LogP contribution in [0.3, 0.4) is 0 Å². The lowest BCUT2D eigenvalue weighted by atomic mass is 10.2. The van der Waals surface area contributed by atoms with Crippen LogP contribution in [0.2, 0.25) is 0 Å². The molecule has 1 aliphatic rings. The van der Waals surface area contributed by atoms with E-state index in [-0.39, 0.29) is 23.5 Å². The fourth-order valence-electron chi connectivity index (χ4n) is 3.42. The van der Waals surface area contributed by atoms with Crippen molar-refractivity contribution < 1.29 is 17.9 Å². The van der Waals surface area contributed by atoms with E-state index in [1.165, 1.54) is 12.1 Å². The van der Waals surface area contributed by atoms with Gasteiger partial charge in [-0.1, -0.05) is 6.07 Å². The van der Waals surface area contributed by atoms with Crippen LogP contribution in [0.5, 0.6) is 0 Å². The SMILES string of the molecule is Cc1nc(-c2ccc(CCNC(=O)c3cccc(S(=O)(=O)NCC4CCCO4)c3)s2)cs1. The number of aryl methyl sites for hydroxylation is 1. The van der Waals surface area contributed by atoms with E-state index in [1.807, 2.05) is 24.4 Å². The molecule has 32 heavy (non-hydrogen) atoms. The maximum absolute atomic E-state index is 12.6. The Hall–Kier alpha value is -2.11. The van der Waals surface area contributed by atoms with Gasteiger partial charge in [0.15, 0.2) is 0 Å².